The molecule has 0 radical (unpaired) electrons. The van der Waals surface area contributed by atoms with Crippen molar-refractivity contribution in [1.82, 2.24) is 0 Å². The van der Waals surface area contributed by atoms with Crippen molar-refractivity contribution in [2.45, 2.75) is 19.1 Å². The SMILES string of the molecule is C1CO1.C1CO1.C1CO1.C1CO1.C1CO1.C1CO1.C=CC#N.C=Cc1ccccc1.CC1CO1.O.O.O.OCC(O)CO. The molecule has 43 heavy (non-hydrogen) atoms. The van der Waals surface area contributed by atoms with Crippen LogP contribution < -0.4 is 0 Å². The molecule has 7 heterocycles. The van der Waals surface area contributed by atoms with Gasteiger partial charge in [-0.15, -0.1) is 0 Å². The Balaban J connectivity index is -0.000000126. The van der Waals surface area contributed by atoms with Crippen LogP contribution >= 0.6 is 0 Å². The van der Waals surface area contributed by atoms with Gasteiger partial charge in [0.1, 0.15) is 6.10 Å². The van der Waals surface area contributed by atoms with Crippen molar-refractivity contribution in [3.8, 4) is 6.07 Å². The molecular formula is C29H55NO13. The van der Waals surface area contributed by atoms with E-state index in [-0.39, 0.29) is 29.6 Å². The van der Waals surface area contributed by atoms with Gasteiger partial charge in [0.15, 0.2) is 0 Å². The summed E-state index contributed by atoms with van der Waals surface area (Å²) in [6.45, 7) is 21.1. The molecule has 0 bridgehead atoms. The zero-order chi connectivity index (χ0) is 29.9. The highest BCUT2D eigenvalue weighted by atomic mass is 16.6. The Kier molecular flexibility index (Phi) is 51.6. The van der Waals surface area contributed by atoms with Crippen molar-refractivity contribution in [2.75, 3.05) is 99.1 Å². The molecule has 7 aliphatic rings. The number of aliphatic hydroxyl groups excluding tert-OH is 3. The molecule has 1 aromatic carbocycles. The maximum absolute atomic E-state index is 8.17. The normalized spacial score (nSPS) is 17.1. The minimum Gasteiger partial charge on any atom is -0.412 e. The highest BCUT2D eigenvalue weighted by Gasteiger charge is 2.13. The fourth-order valence-corrected chi connectivity index (χ4v) is 0.743. The molecule has 0 amide bonds. The standard InChI is InChI=1S/C8H8.C3H3N.C3H8O3.C3H6O.6C2H4O.3H2O/c1-2-8-6-4-3-5-7-8;1-2-3-4;4-1-3(6)2-5;1-3-2-4-3;6*1-2-3-1;;;/h2-7H,1H2;2H,1H2;3-6H,1-2H2;3H,2H2,1H3;6*1-2H2;3*1H2. The first-order valence-electron chi connectivity index (χ1n) is 13.2. The van der Waals surface area contributed by atoms with Crippen molar-refractivity contribution >= 4 is 6.08 Å². The second kappa shape index (κ2) is 44.1. The summed E-state index contributed by atoms with van der Waals surface area (Å²) >= 11 is 0. The lowest BCUT2D eigenvalue weighted by Crippen LogP contribution is -2.15. The van der Waals surface area contributed by atoms with Crippen LogP contribution in [0, 0.1) is 11.3 Å². The zero-order valence-electron chi connectivity index (χ0n) is 25.4. The molecule has 254 valence electrons. The van der Waals surface area contributed by atoms with Gasteiger partial charge in [0.05, 0.1) is 111 Å². The number of nitriles is 1. The van der Waals surface area contributed by atoms with Gasteiger partial charge in [-0.1, -0.05) is 49.6 Å². The largest absolute Gasteiger partial charge is 0.412 e. The fraction of sp³-hybridized carbons (Fsp3) is 0.621. The van der Waals surface area contributed by atoms with E-state index >= 15 is 0 Å². The topological polar surface area (TPSA) is 267 Å². The van der Waals surface area contributed by atoms with Gasteiger partial charge in [0, 0.05) is 6.08 Å². The van der Waals surface area contributed by atoms with Gasteiger partial charge < -0.3 is 64.9 Å². The lowest BCUT2D eigenvalue weighted by molar-refractivity contribution is 0.0450. The molecular weight excluding hydrogens is 570 g/mol. The third-order valence-corrected chi connectivity index (χ3v) is 3.27. The van der Waals surface area contributed by atoms with Gasteiger partial charge in [-0.25, -0.2) is 0 Å². The van der Waals surface area contributed by atoms with E-state index in [9.17, 15) is 0 Å². The first-order chi connectivity index (χ1) is 19.5. The van der Waals surface area contributed by atoms with Crippen molar-refractivity contribution < 1.29 is 64.9 Å². The smallest absolute Gasteiger partial charge is 0.100 e. The second-order valence-electron chi connectivity index (χ2n) is 7.79. The van der Waals surface area contributed by atoms with Crippen LogP contribution in [-0.4, -0.2) is 143 Å². The lowest BCUT2D eigenvalue weighted by Gasteiger charge is -1.96. The summed E-state index contributed by atoms with van der Waals surface area (Å²) < 4.78 is 31.7. The minimum absolute atomic E-state index is 0. The van der Waals surface area contributed by atoms with Gasteiger partial charge in [-0.3, -0.25) is 0 Å². The predicted molar refractivity (Wildman–Crippen MR) is 164 cm³/mol. The van der Waals surface area contributed by atoms with E-state index in [1.807, 2.05) is 36.4 Å². The van der Waals surface area contributed by atoms with Crippen LogP contribution in [0.3, 0.4) is 0 Å². The maximum Gasteiger partial charge on any atom is 0.100 e. The van der Waals surface area contributed by atoms with Crippen LogP contribution in [-0.2, 0) is 33.2 Å². The molecule has 14 nitrogen and oxygen atoms in total. The van der Waals surface area contributed by atoms with Gasteiger partial charge in [0.25, 0.3) is 0 Å². The maximum atomic E-state index is 8.17. The molecule has 1 aromatic rings. The summed E-state index contributed by atoms with van der Waals surface area (Å²) in [6, 6.07) is 11.7. The predicted octanol–water partition coefficient (Wildman–Crippen LogP) is -0.612. The Morgan fingerprint density at radius 1 is 0.744 bits per heavy atom. The fourth-order valence-electron chi connectivity index (χ4n) is 0.743. The van der Waals surface area contributed by atoms with E-state index in [1.54, 1.807) is 6.07 Å². The molecule has 0 saturated carbocycles. The molecule has 7 aliphatic heterocycles. The second-order valence-corrected chi connectivity index (χ2v) is 7.79. The van der Waals surface area contributed by atoms with E-state index < -0.39 is 6.10 Å². The van der Waals surface area contributed by atoms with Crippen LogP contribution in [0.4, 0.5) is 0 Å². The minimum atomic E-state index is -0.954. The summed E-state index contributed by atoms with van der Waals surface area (Å²) in [7, 11) is 0. The van der Waals surface area contributed by atoms with E-state index in [1.165, 1.54) is 11.6 Å². The highest BCUT2D eigenvalue weighted by Crippen LogP contribution is 2.04. The monoisotopic (exact) mass is 625 g/mol. The average molecular weight is 626 g/mol. The number of ether oxygens (including phenoxy) is 7. The summed E-state index contributed by atoms with van der Waals surface area (Å²) in [5, 5.41) is 31.5. The van der Waals surface area contributed by atoms with Crippen LogP contribution in [0.15, 0.2) is 49.6 Å². The number of allylic oxidation sites excluding steroid dienone is 1. The molecule has 1 unspecified atom stereocenters. The quantitative estimate of drug-likeness (QED) is 0.281. The van der Waals surface area contributed by atoms with E-state index in [4.69, 9.17) is 25.3 Å². The molecule has 7 fully saturated rings. The van der Waals surface area contributed by atoms with Crippen LogP contribution in [0.2, 0.25) is 0 Å². The summed E-state index contributed by atoms with van der Waals surface area (Å²) in [5.41, 5.74) is 1.17. The third-order valence-electron chi connectivity index (χ3n) is 3.27. The highest BCUT2D eigenvalue weighted by molar-refractivity contribution is 5.45. The molecule has 9 N–H and O–H groups in total. The average Bonchev–Trinajstić information content (AvgIpc) is 3.81. The Morgan fingerprint density at radius 3 is 1.05 bits per heavy atom. The van der Waals surface area contributed by atoms with Crippen molar-refractivity contribution in [2.24, 2.45) is 0 Å². The van der Waals surface area contributed by atoms with Gasteiger partial charge in [-0.2, -0.15) is 5.26 Å². The van der Waals surface area contributed by atoms with Crippen molar-refractivity contribution in [3.63, 3.8) is 0 Å². The summed E-state index contributed by atoms with van der Waals surface area (Å²) in [5.74, 6) is 0. The Bertz CT molecular complexity index is 610. The lowest BCUT2D eigenvalue weighted by atomic mass is 10.2. The number of hydrogen-bond acceptors (Lipinski definition) is 11. The van der Waals surface area contributed by atoms with E-state index in [2.05, 4.69) is 48.5 Å². The number of hydrogen-bond donors (Lipinski definition) is 3. The molecule has 0 aromatic heterocycles. The molecule has 0 spiro atoms. The van der Waals surface area contributed by atoms with Crippen LogP contribution in [0.1, 0.15) is 12.5 Å². The van der Waals surface area contributed by atoms with Crippen molar-refractivity contribution in [1.29, 1.82) is 5.26 Å². The van der Waals surface area contributed by atoms with Crippen molar-refractivity contribution in [3.05, 3.63) is 55.1 Å². The number of epoxide rings is 7. The van der Waals surface area contributed by atoms with E-state index in [0.717, 1.165) is 85.9 Å². The molecule has 1 atom stereocenters. The molecule has 14 heteroatoms. The van der Waals surface area contributed by atoms with Crippen LogP contribution in [0.25, 0.3) is 6.08 Å². The zero-order valence-corrected chi connectivity index (χ0v) is 25.4. The Hall–Kier alpha value is -2.33. The van der Waals surface area contributed by atoms with Crippen LogP contribution in [0.5, 0.6) is 0 Å². The molecule has 8 rings (SSSR count). The van der Waals surface area contributed by atoms with Gasteiger partial charge in [0.2, 0.25) is 0 Å². The number of benzene rings is 1. The number of rotatable bonds is 3. The Labute approximate surface area is 255 Å². The Morgan fingerprint density at radius 2 is 0.977 bits per heavy atom. The summed E-state index contributed by atoms with van der Waals surface area (Å²) in [4.78, 5) is 0. The number of aliphatic hydroxyl groups is 3. The number of nitrogens with zero attached hydrogens (tertiary/aromatic N) is 1. The van der Waals surface area contributed by atoms with E-state index in [0.29, 0.717) is 6.10 Å². The van der Waals surface area contributed by atoms with Gasteiger partial charge in [-0.05, 0) is 12.5 Å². The summed E-state index contributed by atoms with van der Waals surface area (Å²) in [6.07, 6.45) is 2.64. The van der Waals surface area contributed by atoms with Gasteiger partial charge >= 0.3 is 0 Å². The molecule has 0 aliphatic carbocycles. The first kappa shape index (κ1) is 50.3. The third kappa shape index (κ3) is 120. The first-order valence-corrected chi connectivity index (χ1v) is 13.2. The molecule has 7 saturated heterocycles.